The smallest absolute Gasteiger partial charge is 0.306 e. The van der Waals surface area contributed by atoms with Crippen LogP contribution >= 0.6 is 0 Å². The Kier molecular flexibility index (Phi) is 4.86. The van der Waals surface area contributed by atoms with Crippen LogP contribution in [-0.4, -0.2) is 60.6 Å². The molecule has 1 fully saturated rings. The molecule has 0 aliphatic carbocycles. The fraction of sp³-hybridized carbons (Fsp3) is 0.643. The van der Waals surface area contributed by atoms with Gasteiger partial charge in [-0.05, 0) is 26.3 Å². The van der Waals surface area contributed by atoms with Gasteiger partial charge in [-0.25, -0.2) is 0 Å². The standard InChI is InChI=1S/C14H20N6O4/c1-10-16-14(24-17-10)11-3-2-4-18(6-11)8-13(21)9-19-7-12(5-15-19)20(22)23/h5,7,11,13,21H,2-4,6,8-9H2,1H3. The van der Waals surface area contributed by atoms with Crippen molar-refractivity contribution in [2.75, 3.05) is 19.6 Å². The number of β-amino-alcohol motifs (C(OH)–C–C–N with tert-alkyl or cyclic N) is 1. The first-order valence-corrected chi connectivity index (χ1v) is 7.88. The summed E-state index contributed by atoms with van der Waals surface area (Å²) < 4.78 is 6.64. The van der Waals surface area contributed by atoms with Crippen LogP contribution in [0.5, 0.6) is 0 Å². The number of hydrogen-bond acceptors (Lipinski definition) is 8. The average Bonchev–Trinajstić information content (AvgIpc) is 3.16. The summed E-state index contributed by atoms with van der Waals surface area (Å²) in [6.45, 7) is 4.12. The fourth-order valence-corrected chi connectivity index (χ4v) is 3.02. The molecule has 1 aliphatic heterocycles. The zero-order valence-corrected chi connectivity index (χ0v) is 13.4. The van der Waals surface area contributed by atoms with Crippen LogP contribution in [0.1, 0.15) is 30.5 Å². The van der Waals surface area contributed by atoms with Crippen LogP contribution in [0.4, 0.5) is 5.69 Å². The third-order valence-electron chi connectivity index (χ3n) is 4.10. The fourth-order valence-electron chi connectivity index (χ4n) is 3.02. The van der Waals surface area contributed by atoms with Crippen molar-refractivity contribution in [2.24, 2.45) is 0 Å². The van der Waals surface area contributed by atoms with Crippen LogP contribution in [0.3, 0.4) is 0 Å². The molecule has 0 saturated carbocycles. The van der Waals surface area contributed by atoms with E-state index in [4.69, 9.17) is 4.52 Å². The van der Waals surface area contributed by atoms with Crippen molar-refractivity contribution in [2.45, 2.75) is 38.3 Å². The van der Waals surface area contributed by atoms with E-state index >= 15 is 0 Å². The molecule has 10 heteroatoms. The minimum atomic E-state index is -0.660. The van der Waals surface area contributed by atoms with Gasteiger partial charge in [-0.15, -0.1) is 0 Å². The molecular weight excluding hydrogens is 316 g/mol. The largest absolute Gasteiger partial charge is 0.390 e. The minimum absolute atomic E-state index is 0.0769. The summed E-state index contributed by atoms with van der Waals surface area (Å²) >= 11 is 0. The molecule has 2 unspecified atom stereocenters. The lowest BCUT2D eigenvalue weighted by Gasteiger charge is -2.32. The highest BCUT2D eigenvalue weighted by Crippen LogP contribution is 2.25. The third kappa shape index (κ3) is 3.95. The summed E-state index contributed by atoms with van der Waals surface area (Å²) in [7, 11) is 0. The van der Waals surface area contributed by atoms with Gasteiger partial charge in [-0.3, -0.25) is 19.7 Å². The monoisotopic (exact) mass is 336 g/mol. The second-order valence-corrected chi connectivity index (χ2v) is 6.11. The van der Waals surface area contributed by atoms with Crippen molar-refractivity contribution in [3.05, 3.63) is 34.2 Å². The molecule has 2 aromatic heterocycles. The number of piperidine rings is 1. The second-order valence-electron chi connectivity index (χ2n) is 6.11. The van der Waals surface area contributed by atoms with Gasteiger partial charge in [0.1, 0.15) is 12.4 Å². The predicted molar refractivity (Wildman–Crippen MR) is 82.3 cm³/mol. The zero-order valence-electron chi connectivity index (χ0n) is 13.4. The van der Waals surface area contributed by atoms with E-state index in [9.17, 15) is 15.2 Å². The van der Waals surface area contributed by atoms with Crippen molar-refractivity contribution in [1.82, 2.24) is 24.8 Å². The Morgan fingerprint density at radius 3 is 3.04 bits per heavy atom. The summed E-state index contributed by atoms with van der Waals surface area (Å²) in [5.74, 6) is 1.45. The summed E-state index contributed by atoms with van der Waals surface area (Å²) in [5.41, 5.74) is -0.0769. The molecule has 2 atom stereocenters. The van der Waals surface area contributed by atoms with Gasteiger partial charge in [0.2, 0.25) is 5.89 Å². The van der Waals surface area contributed by atoms with Gasteiger partial charge < -0.3 is 9.63 Å². The minimum Gasteiger partial charge on any atom is -0.390 e. The molecule has 130 valence electrons. The van der Waals surface area contributed by atoms with Crippen LogP contribution in [0.25, 0.3) is 0 Å². The molecule has 1 saturated heterocycles. The normalized spacial score (nSPS) is 20.2. The highest BCUT2D eigenvalue weighted by Gasteiger charge is 2.27. The van der Waals surface area contributed by atoms with E-state index in [-0.39, 0.29) is 18.2 Å². The van der Waals surface area contributed by atoms with E-state index in [1.807, 2.05) is 0 Å². The van der Waals surface area contributed by atoms with E-state index in [0.29, 0.717) is 18.3 Å². The van der Waals surface area contributed by atoms with Gasteiger partial charge in [-0.2, -0.15) is 10.1 Å². The number of nitrogens with zero attached hydrogens (tertiary/aromatic N) is 6. The van der Waals surface area contributed by atoms with Gasteiger partial charge in [0.25, 0.3) is 0 Å². The topological polar surface area (TPSA) is 123 Å². The van der Waals surface area contributed by atoms with Crippen molar-refractivity contribution in [3.8, 4) is 0 Å². The zero-order chi connectivity index (χ0) is 17.1. The molecule has 1 aliphatic rings. The first-order chi connectivity index (χ1) is 11.5. The van der Waals surface area contributed by atoms with E-state index in [0.717, 1.165) is 25.9 Å². The first kappa shape index (κ1) is 16.5. The third-order valence-corrected chi connectivity index (χ3v) is 4.10. The number of rotatable bonds is 6. The Hall–Kier alpha value is -2.33. The number of likely N-dealkylation sites (tertiary alicyclic amines) is 1. The molecule has 1 N–H and O–H groups in total. The number of aliphatic hydroxyl groups is 1. The molecule has 0 spiro atoms. The lowest BCUT2D eigenvalue weighted by molar-refractivity contribution is -0.385. The molecule has 0 radical (unpaired) electrons. The molecule has 0 amide bonds. The Morgan fingerprint density at radius 2 is 2.38 bits per heavy atom. The van der Waals surface area contributed by atoms with Crippen LogP contribution in [0, 0.1) is 17.0 Å². The molecular formula is C14H20N6O4. The number of hydrogen-bond donors (Lipinski definition) is 1. The molecule has 3 heterocycles. The maximum absolute atomic E-state index is 10.7. The van der Waals surface area contributed by atoms with Crippen molar-refractivity contribution in [1.29, 1.82) is 0 Å². The Balaban J connectivity index is 1.53. The second kappa shape index (κ2) is 7.05. The van der Waals surface area contributed by atoms with Crippen LogP contribution in [0.15, 0.2) is 16.9 Å². The summed E-state index contributed by atoms with van der Waals surface area (Å²) in [6, 6.07) is 0. The first-order valence-electron chi connectivity index (χ1n) is 7.88. The average molecular weight is 336 g/mol. The van der Waals surface area contributed by atoms with Gasteiger partial charge in [-0.1, -0.05) is 5.16 Å². The molecule has 10 nitrogen and oxygen atoms in total. The van der Waals surface area contributed by atoms with Crippen molar-refractivity contribution >= 4 is 5.69 Å². The van der Waals surface area contributed by atoms with E-state index in [1.54, 1.807) is 6.92 Å². The van der Waals surface area contributed by atoms with Crippen molar-refractivity contribution in [3.63, 3.8) is 0 Å². The van der Waals surface area contributed by atoms with Crippen molar-refractivity contribution < 1.29 is 14.6 Å². The number of aliphatic hydroxyl groups excluding tert-OH is 1. The number of aryl methyl sites for hydroxylation is 1. The molecule has 0 bridgehead atoms. The molecule has 24 heavy (non-hydrogen) atoms. The quantitative estimate of drug-likeness (QED) is 0.604. The Labute approximate surface area is 138 Å². The van der Waals surface area contributed by atoms with Crippen LogP contribution in [-0.2, 0) is 6.54 Å². The van der Waals surface area contributed by atoms with E-state index in [2.05, 4.69) is 20.1 Å². The lowest BCUT2D eigenvalue weighted by Crippen LogP contribution is -2.40. The number of nitro groups is 1. The molecule has 0 aromatic carbocycles. The van der Waals surface area contributed by atoms with E-state index in [1.165, 1.54) is 17.1 Å². The maximum Gasteiger partial charge on any atom is 0.306 e. The molecule has 2 aromatic rings. The summed E-state index contributed by atoms with van der Waals surface area (Å²) in [6.07, 6.45) is 3.82. The van der Waals surface area contributed by atoms with E-state index < -0.39 is 11.0 Å². The highest BCUT2D eigenvalue weighted by atomic mass is 16.6. The Bertz CT molecular complexity index is 699. The predicted octanol–water partition coefficient (Wildman–Crippen LogP) is 0.723. The summed E-state index contributed by atoms with van der Waals surface area (Å²) in [4.78, 5) is 16.6. The Morgan fingerprint density at radius 1 is 1.54 bits per heavy atom. The van der Waals surface area contributed by atoms with Gasteiger partial charge >= 0.3 is 5.69 Å². The van der Waals surface area contributed by atoms with Gasteiger partial charge in [0.15, 0.2) is 5.82 Å². The lowest BCUT2D eigenvalue weighted by atomic mass is 9.97. The van der Waals surface area contributed by atoms with Gasteiger partial charge in [0, 0.05) is 13.1 Å². The summed E-state index contributed by atoms with van der Waals surface area (Å²) in [5, 5.41) is 28.6. The number of aromatic nitrogens is 4. The van der Waals surface area contributed by atoms with Crippen LogP contribution < -0.4 is 0 Å². The van der Waals surface area contributed by atoms with Crippen LogP contribution in [0.2, 0.25) is 0 Å². The highest BCUT2D eigenvalue weighted by molar-refractivity contribution is 5.20. The van der Waals surface area contributed by atoms with Gasteiger partial charge in [0.05, 0.1) is 23.5 Å². The molecule has 3 rings (SSSR count). The SMILES string of the molecule is Cc1noc(C2CCCN(CC(O)Cn3cc([N+](=O)[O-])cn3)C2)n1. The maximum atomic E-state index is 10.7.